The number of carbonyl (C=O) groups is 2. The van der Waals surface area contributed by atoms with E-state index in [2.05, 4.69) is 5.32 Å². The summed E-state index contributed by atoms with van der Waals surface area (Å²) >= 11 is 0. The lowest BCUT2D eigenvalue weighted by atomic mass is 9.96. The fraction of sp³-hybridized carbons (Fsp3) is 0.478. The summed E-state index contributed by atoms with van der Waals surface area (Å²) in [5, 5.41) is 3.09. The van der Waals surface area contributed by atoms with Crippen molar-refractivity contribution in [2.75, 3.05) is 19.7 Å². The van der Waals surface area contributed by atoms with Gasteiger partial charge in [0.1, 0.15) is 11.5 Å². The fourth-order valence-electron chi connectivity index (χ4n) is 4.31. The molecule has 0 radical (unpaired) electrons. The molecule has 2 aromatic rings. The van der Waals surface area contributed by atoms with Gasteiger partial charge in [-0.2, -0.15) is 0 Å². The van der Waals surface area contributed by atoms with Crippen LogP contribution in [0.4, 0.5) is 4.39 Å². The monoisotopic (exact) mass is 413 g/mol. The molecule has 1 fully saturated rings. The molecule has 6 nitrogen and oxygen atoms in total. The molecule has 1 saturated heterocycles. The van der Waals surface area contributed by atoms with Crippen molar-refractivity contribution in [3.05, 3.63) is 58.7 Å². The molecule has 0 spiro atoms. The normalized spacial score (nSPS) is 17.1. The molecule has 1 N–H and O–H groups in total. The van der Waals surface area contributed by atoms with Crippen molar-refractivity contribution in [3.63, 3.8) is 0 Å². The number of likely N-dealkylation sites (tertiary alicyclic amines) is 1. The lowest BCUT2D eigenvalue weighted by Gasteiger charge is -2.24. The highest BCUT2D eigenvalue weighted by Gasteiger charge is 2.30. The van der Waals surface area contributed by atoms with E-state index in [9.17, 15) is 14.0 Å². The van der Waals surface area contributed by atoms with Gasteiger partial charge in [0, 0.05) is 19.6 Å². The van der Waals surface area contributed by atoms with Gasteiger partial charge < -0.3 is 19.5 Å². The Kier molecular flexibility index (Phi) is 5.90. The van der Waals surface area contributed by atoms with Gasteiger partial charge in [-0.15, -0.1) is 0 Å². The molecule has 0 aliphatic carbocycles. The van der Waals surface area contributed by atoms with E-state index in [-0.39, 0.29) is 29.6 Å². The summed E-state index contributed by atoms with van der Waals surface area (Å²) in [5.41, 5.74) is 2.65. The molecular weight excluding hydrogens is 385 g/mol. The van der Waals surface area contributed by atoms with Crippen LogP contribution in [0.15, 0.2) is 30.3 Å². The number of hydrogen-bond donors (Lipinski definition) is 1. The summed E-state index contributed by atoms with van der Waals surface area (Å²) in [7, 11) is 0. The lowest BCUT2D eigenvalue weighted by molar-refractivity contribution is 0.0724. The molecule has 7 heteroatoms. The van der Waals surface area contributed by atoms with E-state index in [1.807, 2.05) is 23.3 Å². The number of carbonyl (C=O) groups excluding carboxylic acids is 2. The van der Waals surface area contributed by atoms with Gasteiger partial charge in [-0.1, -0.05) is 26.0 Å². The van der Waals surface area contributed by atoms with Gasteiger partial charge in [-0.3, -0.25) is 9.59 Å². The molecule has 1 aromatic carbocycles. The van der Waals surface area contributed by atoms with Crippen LogP contribution < -0.4 is 5.32 Å². The number of nitrogens with one attached hydrogen (secondary N) is 1. The number of hydrogen-bond acceptors (Lipinski definition) is 3. The Morgan fingerprint density at radius 2 is 1.80 bits per heavy atom. The average molecular weight is 413 g/mol. The quantitative estimate of drug-likeness (QED) is 0.816. The largest absolute Gasteiger partial charge is 0.373 e. The molecule has 1 atom stereocenters. The van der Waals surface area contributed by atoms with Crippen LogP contribution in [0, 0.1) is 11.7 Å². The maximum atomic E-state index is 13.3. The fourth-order valence-corrected chi connectivity index (χ4v) is 4.31. The number of benzene rings is 1. The summed E-state index contributed by atoms with van der Waals surface area (Å²) in [6, 6.07) is 7.65. The molecule has 3 heterocycles. The maximum Gasteiger partial charge on any atom is 0.268 e. The van der Waals surface area contributed by atoms with Crippen molar-refractivity contribution in [1.29, 1.82) is 0 Å². The highest BCUT2D eigenvalue weighted by molar-refractivity contribution is 6.01. The molecular formula is C23H28FN3O3. The molecule has 0 bridgehead atoms. The third-order valence-electron chi connectivity index (χ3n) is 5.95. The summed E-state index contributed by atoms with van der Waals surface area (Å²) in [6.45, 7) is 6.90. The van der Waals surface area contributed by atoms with Crippen molar-refractivity contribution < 1.29 is 18.7 Å². The zero-order valence-corrected chi connectivity index (χ0v) is 17.5. The number of aromatic nitrogens is 1. The molecule has 2 amide bonds. The Bertz CT molecular complexity index is 930. The van der Waals surface area contributed by atoms with E-state index in [0.717, 1.165) is 37.2 Å². The molecule has 30 heavy (non-hydrogen) atoms. The number of nitrogens with zero attached hydrogens (tertiary/aromatic N) is 2. The van der Waals surface area contributed by atoms with Crippen molar-refractivity contribution in [3.8, 4) is 0 Å². The first-order valence-electron chi connectivity index (χ1n) is 10.6. The number of rotatable bonds is 5. The summed E-state index contributed by atoms with van der Waals surface area (Å²) in [4.78, 5) is 28.1. The highest BCUT2D eigenvalue weighted by Crippen LogP contribution is 2.26. The predicted octanol–water partition coefficient (Wildman–Crippen LogP) is 3.52. The van der Waals surface area contributed by atoms with Gasteiger partial charge >= 0.3 is 0 Å². The lowest BCUT2D eigenvalue weighted by Crippen LogP contribution is -2.34. The first-order chi connectivity index (χ1) is 14.5. The molecule has 0 saturated carbocycles. The number of ether oxygens (including phenoxy) is 1. The Morgan fingerprint density at radius 3 is 2.47 bits per heavy atom. The maximum absolute atomic E-state index is 13.3. The van der Waals surface area contributed by atoms with Gasteiger partial charge in [-0.25, -0.2) is 4.39 Å². The Hall–Kier alpha value is -2.67. The molecule has 2 aliphatic heterocycles. The van der Waals surface area contributed by atoms with E-state index >= 15 is 0 Å². The number of halogens is 1. The summed E-state index contributed by atoms with van der Waals surface area (Å²) < 4.78 is 20.8. The summed E-state index contributed by atoms with van der Waals surface area (Å²) in [6.07, 6.45) is 2.03. The van der Waals surface area contributed by atoms with Crippen LogP contribution in [0.1, 0.15) is 64.8 Å². The second-order valence-corrected chi connectivity index (χ2v) is 8.34. The van der Waals surface area contributed by atoms with Gasteiger partial charge in [0.05, 0.1) is 30.5 Å². The minimum atomic E-state index is -0.307. The zero-order chi connectivity index (χ0) is 21.3. The van der Waals surface area contributed by atoms with Crippen LogP contribution >= 0.6 is 0 Å². The first-order valence-corrected chi connectivity index (χ1v) is 10.6. The van der Waals surface area contributed by atoms with Crippen LogP contribution in [0.25, 0.3) is 0 Å². The molecule has 160 valence electrons. The van der Waals surface area contributed by atoms with Crippen molar-refractivity contribution >= 4 is 11.8 Å². The minimum Gasteiger partial charge on any atom is -0.373 e. The molecule has 4 rings (SSSR count). The molecule has 1 unspecified atom stereocenters. The van der Waals surface area contributed by atoms with Crippen molar-refractivity contribution in [2.45, 2.75) is 45.9 Å². The molecule has 1 aromatic heterocycles. The Balaban J connectivity index is 1.63. The Labute approximate surface area is 176 Å². The van der Waals surface area contributed by atoms with Crippen LogP contribution in [0.2, 0.25) is 0 Å². The Morgan fingerprint density at radius 1 is 1.10 bits per heavy atom. The third kappa shape index (κ3) is 3.99. The van der Waals surface area contributed by atoms with Crippen LogP contribution in [-0.4, -0.2) is 41.0 Å². The van der Waals surface area contributed by atoms with Crippen LogP contribution in [0.3, 0.4) is 0 Å². The topological polar surface area (TPSA) is 63.6 Å². The van der Waals surface area contributed by atoms with Crippen molar-refractivity contribution in [1.82, 2.24) is 14.8 Å². The summed E-state index contributed by atoms with van der Waals surface area (Å²) in [5.74, 6) is -0.455. The van der Waals surface area contributed by atoms with E-state index in [0.29, 0.717) is 31.0 Å². The average Bonchev–Trinajstić information content (AvgIpc) is 3.40. The SMILES string of the molecule is CC(C)C(NC(=O)c1cc(C(=O)N2CCCC2)c2n1CCOC2)c1ccc(F)cc1. The minimum absolute atomic E-state index is 0.0280. The van der Waals surface area contributed by atoms with Crippen molar-refractivity contribution in [2.24, 2.45) is 5.92 Å². The van der Waals surface area contributed by atoms with Gasteiger partial charge in [0.2, 0.25) is 0 Å². The van der Waals surface area contributed by atoms with Crippen LogP contribution in [-0.2, 0) is 17.9 Å². The van der Waals surface area contributed by atoms with E-state index in [1.54, 1.807) is 18.2 Å². The van der Waals surface area contributed by atoms with Gasteiger partial charge in [-0.05, 0) is 42.5 Å². The number of amides is 2. The standard InChI is InChI=1S/C23H28FN3O3/c1-15(2)21(16-5-7-17(24)8-6-16)25-22(28)19-13-18(20-14-30-12-11-27(19)20)23(29)26-9-3-4-10-26/h5-8,13,15,21H,3-4,9-12,14H2,1-2H3,(H,25,28). The second-order valence-electron chi connectivity index (χ2n) is 8.34. The number of fused-ring (bicyclic) bond motifs is 1. The van der Waals surface area contributed by atoms with Gasteiger partial charge in [0.15, 0.2) is 0 Å². The van der Waals surface area contributed by atoms with E-state index in [1.165, 1.54) is 12.1 Å². The molecule has 2 aliphatic rings. The zero-order valence-electron chi connectivity index (χ0n) is 17.5. The van der Waals surface area contributed by atoms with Crippen LogP contribution in [0.5, 0.6) is 0 Å². The van der Waals surface area contributed by atoms with E-state index in [4.69, 9.17) is 4.74 Å². The smallest absolute Gasteiger partial charge is 0.268 e. The van der Waals surface area contributed by atoms with Gasteiger partial charge in [0.25, 0.3) is 11.8 Å². The van der Waals surface area contributed by atoms with E-state index < -0.39 is 0 Å². The first kappa shape index (κ1) is 20.6. The highest BCUT2D eigenvalue weighted by atomic mass is 19.1. The third-order valence-corrected chi connectivity index (χ3v) is 5.95. The second kappa shape index (κ2) is 8.60. The predicted molar refractivity (Wildman–Crippen MR) is 111 cm³/mol.